The van der Waals surface area contributed by atoms with Gasteiger partial charge >= 0.3 is 0 Å². The maximum Gasteiger partial charge on any atom is 0.0244 e. The number of piperazine rings is 1. The maximum absolute atomic E-state index is 3.76. The van der Waals surface area contributed by atoms with Crippen LogP contribution in [-0.4, -0.2) is 36.6 Å². The number of rotatable bonds is 5. The number of hydrogen-bond donors (Lipinski definition) is 1. The van der Waals surface area contributed by atoms with Crippen LogP contribution < -0.4 is 5.32 Å². The molecule has 0 aromatic heterocycles. The Morgan fingerprint density at radius 2 is 1.82 bits per heavy atom. The lowest BCUT2D eigenvalue weighted by Crippen LogP contribution is -2.60. The highest BCUT2D eigenvalue weighted by atomic mass is 15.2. The van der Waals surface area contributed by atoms with Gasteiger partial charge in [0.05, 0.1) is 0 Å². The second-order valence-electron chi connectivity index (χ2n) is 6.56. The highest BCUT2D eigenvalue weighted by molar-refractivity contribution is 4.89. The van der Waals surface area contributed by atoms with Crippen LogP contribution in [0.25, 0.3) is 0 Å². The van der Waals surface area contributed by atoms with Crippen LogP contribution in [0, 0.1) is 17.8 Å². The van der Waals surface area contributed by atoms with E-state index in [9.17, 15) is 0 Å². The van der Waals surface area contributed by atoms with Crippen molar-refractivity contribution >= 4 is 0 Å². The van der Waals surface area contributed by atoms with Gasteiger partial charge in [-0.05, 0) is 17.8 Å². The SMILES string of the molecule is CCC(C)C1CN(CC(C)C)C(C(C)C)CN1. The Bertz CT molecular complexity index is 213. The van der Waals surface area contributed by atoms with Crippen molar-refractivity contribution in [3.63, 3.8) is 0 Å². The summed E-state index contributed by atoms with van der Waals surface area (Å²) in [5.41, 5.74) is 0. The van der Waals surface area contributed by atoms with Gasteiger partial charge in [-0.15, -0.1) is 0 Å². The van der Waals surface area contributed by atoms with E-state index >= 15 is 0 Å². The van der Waals surface area contributed by atoms with Gasteiger partial charge in [0.2, 0.25) is 0 Å². The Kier molecular flexibility index (Phi) is 5.94. The molecular formula is C15H32N2. The molecule has 3 atom stereocenters. The first kappa shape index (κ1) is 15.0. The van der Waals surface area contributed by atoms with Gasteiger partial charge in [0.15, 0.2) is 0 Å². The number of nitrogens with zero attached hydrogens (tertiary/aromatic N) is 1. The van der Waals surface area contributed by atoms with Crippen molar-refractivity contribution in [1.82, 2.24) is 10.2 Å². The van der Waals surface area contributed by atoms with Crippen LogP contribution >= 0.6 is 0 Å². The predicted octanol–water partition coefficient (Wildman–Crippen LogP) is 2.99. The maximum atomic E-state index is 3.76. The van der Waals surface area contributed by atoms with Crippen LogP contribution in [0.1, 0.15) is 48.0 Å². The Hall–Kier alpha value is -0.0800. The van der Waals surface area contributed by atoms with E-state index in [1.54, 1.807) is 0 Å². The van der Waals surface area contributed by atoms with Crippen LogP contribution in [0.2, 0.25) is 0 Å². The van der Waals surface area contributed by atoms with Crippen molar-refractivity contribution in [1.29, 1.82) is 0 Å². The third kappa shape index (κ3) is 4.26. The van der Waals surface area contributed by atoms with Gasteiger partial charge in [0.1, 0.15) is 0 Å². The van der Waals surface area contributed by atoms with Crippen molar-refractivity contribution < 1.29 is 0 Å². The summed E-state index contributed by atoms with van der Waals surface area (Å²) >= 11 is 0. The summed E-state index contributed by atoms with van der Waals surface area (Å²) < 4.78 is 0. The fraction of sp³-hybridized carbons (Fsp3) is 1.00. The summed E-state index contributed by atoms with van der Waals surface area (Å²) in [6.45, 7) is 17.7. The fourth-order valence-electron chi connectivity index (χ4n) is 2.86. The summed E-state index contributed by atoms with van der Waals surface area (Å²) in [5, 5.41) is 3.76. The molecule has 1 heterocycles. The van der Waals surface area contributed by atoms with Gasteiger partial charge in [-0.3, -0.25) is 4.90 Å². The molecule has 2 heteroatoms. The molecule has 1 rings (SSSR count). The fourth-order valence-corrected chi connectivity index (χ4v) is 2.86. The standard InChI is InChI=1S/C15H32N2/c1-7-13(6)14-10-17(9-11(2)3)15(8-16-14)12(4)5/h11-16H,7-10H2,1-6H3. The molecule has 1 aliphatic heterocycles. The smallest absolute Gasteiger partial charge is 0.0244 e. The lowest BCUT2D eigenvalue weighted by Gasteiger charge is -2.44. The van der Waals surface area contributed by atoms with Gasteiger partial charge < -0.3 is 5.32 Å². The van der Waals surface area contributed by atoms with Crippen LogP contribution in [0.3, 0.4) is 0 Å². The van der Waals surface area contributed by atoms with E-state index in [1.165, 1.54) is 26.1 Å². The molecule has 1 N–H and O–H groups in total. The highest BCUT2D eigenvalue weighted by Gasteiger charge is 2.31. The molecule has 3 unspecified atom stereocenters. The molecule has 0 amide bonds. The lowest BCUT2D eigenvalue weighted by molar-refractivity contribution is 0.0716. The molecule has 0 aliphatic carbocycles. The van der Waals surface area contributed by atoms with Crippen LogP contribution in [-0.2, 0) is 0 Å². The van der Waals surface area contributed by atoms with Gasteiger partial charge in [-0.25, -0.2) is 0 Å². The van der Waals surface area contributed by atoms with Gasteiger partial charge in [0.25, 0.3) is 0 Å². The molecule has 2 nitrogen and oxygen atoms in total. The largest absolute Gasteiger partial charge is 0.311 e. The first-order valence-electron chi connectivity index (χ1n) is 7.43. The monoisotopic (exact) mass is 240 g/mol. The first-order valence-corrected chi connectivity index (χ1v) is 7.43. The minimum atomic E-state index is 0.689. The normalized spacial score (nSPS) is 28.9. The Morgan fingerprint density at radius 1 is 1.18 bits per heavy atom. The number of nitrogens with one attached hydrogen (secondary N) is 1. The summed E-state index contributed by atoms with van der Waals surface area (Å²) in [4.78, 5) is 2.72. The van der Waals surface area contributed by atoms with Crippen molar-refractivity contribution in [2.24, 2.45) is 17.8 Å². The van der Waals surface area contributed by atoms with Crippen LogP contribution in [0.4, 0.5) is 0 Å². The van der Waals surface area contributed by atoms with Gasteiger partial charge in [-0.2, -0.15) is 0 Å². The molecule has 0 spiro atoms. The average Bonchev–Trinajstić information content (AvgIpc) is 2.26. The molecule has 1 saturated heterocycles. The average molecular weight is 240 g/mol. The third-order valence-corrected chi connectivity index (χ3v) is 4.19. The first-order chi connectivity index (χ1) is 7.95. The lowest BCUT2D eigenvalue weighted by atomic mass is 9.91. The van der Waals surface area contributed by atoms with E-state index in [1.807, 2.05) is 0 Å². The summed E-state index contributed by atoms with van der Waals surface area (Å²) in [7, 11) is 0. The second-order valence-corrected chi connectivity index (χ2v) is 6.56. The number of hydrogen-bond acceptors (Lipinski definition) is 2. The summed E-state index contributed by atoms with van der Waals surface area (Å²) in [5.74, 6) is 2.31. The van der Waals surface area contributed by atoms with E-state index < -0.39 is 0 Å². The Morgan fingerprint density at radius 3 is 2.29 bits per heavy atom. The molecule has 0 bridgehead atoms. The molecule has 17 heavy (non-hydrogen) atoms. The molecule has 0 aromatic rings. The topological polar surface area (TPSA) is 15.3 Å². The van der Waals surface area contributed by atoms with E-state index in [0.29, 0.717) is 6.04 Å². The van der Waals surface area contributed by atoms with E-state index in [4.69, 9.17) is 0 Å². The van der Waals surface area contributed by atoms with Crippen molar-refractivity contribution in [2.75, 3.05) is 19.6 Å². The van der Waals surface area contributed by atoms with Gasteiger partial charge in [-0.1, -0.05) is 48.0 Å². The molecular weight excluding hydrogens is 208 g/mol. The predicted molar refractivity (Wildman–Crippen MR) is 76.3 cm³/mol. The minimum Gasteiger partial charge on any atom is -0.311 e. The summed E-state index contributed by atoms with van der Waals surface area (Å²) in [6.07, 6.45) is 1.28. The third-order valence-electron chi connectivity index (χ3n) is 4.19. The molecule has 0 radical (unpaired) electrons. The Labute approximate surface area is 108 Å². The zero-order valence-electron chi connectivity index (χ0n) is 12.7. The Balaban J connectivity index is 2.62. The van der Waals surface area contributed by atoms with Crippen LogP contribution in [0.15, 0.2) is 0 Å². The van der Waals surface area contributed by atoms with E-state index in [2.05, 4.69) is 51.8 Å². The molecule has 0 aromatic carbocycles. The van der Waals surface area contributed by atoms with Gasteiger partial charge in [0, 0.05) is 31.7 Å². The zero-order chi connectivity index (χ0) is 13.0. The zero-order valence-corrected chi connectivity index (χ0v) is 12.7. The molecule has 1 fully saturated rings. The minimum absolute atomic E-state index is 0.689. The van der Waals surface area contributed by atoms with Crippen molar-refractivity contribution in [3.05, 3.63) is 0 Å². The molecule has 0 saturated carbocycles. The highest BCUT2D eigenvalue weighted by Crippen LogP contribution is 2.20. The van der Waals surface area contributed by atoms with E-state index in [-0.39, 0.29) is 0 Å². The quantitative estimate of drug-likeness (QED) is 0.795. The second kappa shape index (κ2) is 6.75. The van der Waals surface area contributed by atoms with Crippen molar-refractivity contribution in [3.8, 4) is 0 Å². The summed E-state index contributed by atoms with van der Waals surface area (Å²) in [6, 6.07) is 1.41. The molecule has 1 aliphatic rings. The van der Waals surface area contributed by atoms with Crippen LogP contribution in [0.5, 0.6) is 0 Å². The molecule has 102 valence electrons. The van der Waals surface area contributed by atoms with E-state index in [0.717, 1.165) is 23.8 Å². The van der Waals surface area contributed by atoms with Crippen molar-refractivity contribution in [2.45, 2.75) is 60.0 Å².